The van der Waals surface area contributed by atoms with Crippen LogP contribution in [-0.2, 0) is 9.53 Å². The predicted octanol–water partition coefficient (Wildman–Crippen LogP) is -0.103. The van der Waals surface area contributed by atoms with Gasteiger partial charge >= 0.3 is 0 Å². The summed E-state index contributed by atoms with van der Waals surface area (Å²) in [7, 11) is 0. The Morgan fingerprint density at radius 2 is 2.00 bits per heavy atom. The molecule has 3 aliphatic rings. The van der Waals surface area contributed by atoms with Crippen LogP contribution in [0.4, 0.5) is 0 Å². The highest BCUT2D eigenvalue weighted by atomic mass is 16.5. The molecule has 1 amide bonds. The van der Waals surface area contributed by atoms with E-state index in [2.05, 4.69) is 22.5 Å². The van der Waals surface area contributed by atoms with Crippen LogP contribution in [0.15, 0.2) is 0 Å². The number of rotatable bonds is 5. The maximum absolute atomic E-state index is 12.3. The largest absolute Gasteiger partial charge is 0.379 e. The van der Waals surface area contributed by atoms with Crippen LogP contribution >= 0.6 is 0 Å². The zero-order chi connectivity index (χ0) is 16.1. The molecule has 3 unspecified atom stereocenters. The zero-order valence-electron chi connectivity index (χ0n) is 14.4. The molecule has 3 heterocycles. The van der Waals surface area contributed by atoms with Crippen molar-refractivity contribution >= 4 is 5.91 Å². The number of nitrogens with zero attached hydrogens (tertiary/aromatic N) is 2. The Morgan fingerprint density at radius 3 is 2.83 bits per heavy atom. The van der Waals surface area contributed by atoms with E-state index in [1.165, 1.54) is 12.8 Å². The average Bonchev–Trinajstić information content (AvgIpc) is 2.78. The molecule has 3 saturated heterocycles. The van der Waals surface area contributed by atoms with Gasteiger partial charge in [-0.05, 0) is 31.8 Å². The standard InChI is InChI=1S/C17H32N4O2/c1-14-2-4-18-5-3-16(14)19-15-12-17(22)21(13-15)7-6-20-8-10-23-11-9-20/h14-16,18-19H,2-13H2,1H3. The van der Waals surface area contributed by atoms with Gasteiger partial charge in [0.25, 0.3) is 0 Å². The Balaban J connectivity index is 1.43. The molecule has 6 nitrogen and oxygen atoms in total. The molecule has 0 aromatic rings. The maximum Gasteiger partial charge on any atom is 0.224 e. The molecular weight excluding hydrogens is 292 g/mol. The van der Waals surface area contributed by atoms with E-state index in [1.807, 2.05) is 4.90 Å². The Hall–Kier alpha value is -0.690. The number of carbonyl (C=O) groups is 1. The molecule has 3 rings (SSSR count). The number of carbonyl (C=O) groups excluding carboxylic acids is 1. The molecule has 0 bridgehead atoms. The topological polar surface area (TPSA) is 56.8 Å². The smallest absolute Gasteiger partial charge is 0.224 e. The molecule has 0 spiro atoms. The zero-order valence-corrected chi connectivity index (χ0v) is 14.4. The van der Waals surface area contributed by atoms with Gasteiger partial charge in [0, 0.05) is 51.2 Å². The van der Waals surface area contributed by atoms with E-state index in [0.717, 1.165) is 59.0 Å². The third kappa shape index (κ3) is 4.89. The number of hydrogen-bond donors (Lipinski definition) is 2. The lowest BCUT2D eigenvalue weighted by Gasteiger charge is -2.29. The Kier molecular flexibility index (Phi) is 6.28. The summed E-state index contributed by atoms with van der Waals surface area (Å²) in [6.07, 6.45) is 3.05. The predicted molar refractivity (Wildman–Crippen MR) is 90.4 cm³/mol. The van der Waals surface area contributed by atoms with Crippen LogP contribution in [0.2, 0.25) is 0 Å². The summed E-state index contributed by atoms with van der Waals surface area (Å²) in [4.78, 5) is 16.7. The third-order valence-electron chi connectivity index (χ3n) is 5.55. The first-order valence-electron chi connectivity index (χ1n) is 9.27. The van der Waals surface area contributed by atoms with Crippen molar-refractivity contribution in [3.8, 4) is 0 Å². The van der Waals surface area contributed by atoms with Crippen LogP contribution in [0.3, 0.4) is 0 Å². The molecule has 0 aromatic carbocycles. The van der Waals surface area contributed by atoms with Gasteiger partial charge in [-0.25, -0.2) is 0 Å². The molecule has 3 aliphatic heterocycles. The molecular formula is C17H32N4O2. The second kappa shape index (κ2) is 8.42. The van der Waals surface area contributed by atoms with Gasteiger partial charge in [-0.2, -0.15) is 0 Å². The van der Waals surface area contributed by atoms with E-state index in [4.69, 9.17) is 4.74 Å². The van der Waals surface area contributed by atoms with Crippen LogP contribution in [0.1, 0.15) is 26.2 Å². The van der Waals surface area contributed by atoms with Gasteiger partial charge in [-0.3, -0.25) is 9.69 Å². The van der Waals surface area contributed by atoms with E-state index >= 15 is 0 Å². The lowest BCUT2D eigenvalue weighted by Crippen LogP contribution is -2.45. The fourth-order valence-electron chi connectivity index (χ4n) is 3.94. The van der Waals surface area contributed by atoms with E-state index in [1.54, 1.807) is 0 Å². The lowest BCUT2D eigenvalue weighted by molar-refractivity contribution is -0.128. The Morgan fingerprint density at radius 1 is 1.22 bits per heavy atom. The van der Waals surface area contributed by atoms with Gasteiger partial charge in [0.2, 0.25) is 5.91 Å². The fourth-order valence-corrected chi connectivity index (χ4v) is 3.94. The van der Waals surface area contributed by atoms with Gasteiger partial charge in [-0.15, -0.1) is 0 Å². The van der Waals surface area contributed by atoms with E-state index in [-0.39, 0.29) is 0 Å². The summed E-state index contributed by atoms with van der Waals surface area (Å²) in [6.45, 7) is 10.9. The number of hydrogen-bond acceptors (Lipinski definition) is 5. The normalized spacial score (nSPS) is 33.9. The molecule has 23 heavy (non-hydrogen) atoms. The molecule has 3 fully saturated rings. The third-order valence-corrected chi connectivity index (χ3v) is 5.55. The van der Waals surface area contributed by atoms with Crippen molar-refractivity contribution in [3.63, 3.8) is 0 Å². The highest BCUT2D eigenvalue weighted by Crippen LogP contribution is 2.18. The van der Waals surface area contributed by atoms with Crippen LogP contribution in [0.25, 0.3) is 0 Å². The van der Waals surface area contributed by atoms with Crippen LogP contribution in [0.5, 0.6) is 0 Å². The molecule has 132 valence electrons. The van der Waals surface area contributed by atoms with Crippen molar-refractivity contribution in [1.29, 1.82) is 0 Å². The van der Waals surface area contributed by atoms with Crippen LogP contribution in [0, 0.1) is 5.92 Å². The van der Waals surface area contributed by atoms with Gasteiger partial charge in [0.1, 0.15) is 0 Å². The second-order valence-corrected chi connectivity index (χ2v) is 7.27. The van der Waals surface area contributed by atoms with Crippen LogP contribution < -0.4 is 10.6 Å². The van der Waals surface area contributed by atoms with Crippen LogP contribution in [-0.4, -0.2) is 86.8 Å². The number of nitrogens with one attached hydrogen (secondary N) is 2. The van der Waals surface area contributed by atoms with Crippen molar-refractivity contribution in [3.05, 3.63) is 0 Å². The minimum absolute atomic E-state index is 0.315. The molecule has 2 N–H and O–H groups in total. The van der Waals surface area contributed by atoms with Gasteiger partial charge in [-0.1, -0.05) is 6.92 Å². The molecule has 0 aliphatic carbocycles. The average molecular weight is 324 g/mol. The minimum Gasteiger partial charge on any atom is -0.379 e. The quantitative estimate of drug-likeness (QED) is 0.739. The number of ether oxygens (including phenoxy) is 1. The lowest BCUT2D eigenvalue weighted by atomic mass is 9.96. The van der Waals surface area contributed by atoms with Gasteiger partial charge in [0.15, 0.2) is 0 Å². The van der Waals surface area contributed by atoms with E-state index in [9.17, 15) is 4.79 Å². The molecule has 3 atom stereocenters. The van der Waals surface area contributed by atoms with Crippen molar-refractivity contribution in [2.24, 2.45) is 5.92 Å². The second-order valence-electron chi connectivity index (χ2n) is 7.27. The SMILES string of the molecule is CC1CCNCCC1NC1CC(=O)N(CCN2CCOCC2)C1. The van der Waals surface area contributed by atoms with Gasteiger partial charge in [0.05, 0.1) is 13.2 Å². The fraction of sp³-hybridized carbons (Fsp3) is 0.941. The molecule has 0 aromatic heterocycles. The highest BCUT2D eigenvalue weighted by molar-refractivity contribution is 5.79. The summed E-state index contributed by atoms with van der Waals surface area (Å²) >= 11 is 0. The first kappa shape index (κ1) is 17.1. The van der Waals surface area contributed by atoms with Crippen molar-refractivity contribution < 1.29 is 9.53 Å². The van der Waals surface area contributed by atoms with E-state index < -0.39 is 0 Å². The minimum atomic E-state index is 0.315. The molecule has 0 saturated carbocycles. The van der Waals surface area contributed by atoms with E-state index in [0.29, 0.717) is 30.3 Å². The first-order valence-corrected chi connectivity index (χ1v) is 9.27. The van der Waals surface area contributed by atoms with Gasteiger partial charge < -0.3 is 20.3 Å². The molecule has 0 radical (unpaired) electrons. The highest BCUT2D eigenvalue weighted by Gasteiger charge is 2.32. The summed E-state index contributed by atoms with van der Waals surface area (Å²) in [5, 5.41) is 7.24. The number of likely N-dealkylation sites (tertiary alicyclic amines) is 1. The summed E-state index contributed by atoms with van der Waals surface area (Å²) in [5.41, 5.74) is 0. The summed E-state index contributed by atoms with van der Waals surface area (Å²) in [5.74, 6) is 0.998. The number of amides is 1. The van der Waals surface area contributed by atoms with Crippen molar-refractivity contribution in [2.45, 2.75) is 38.3 Å². The monoisotopic (exact) mass is 324 g/mol. The Bertz CT molecular complexity index is 387. The summed E-state index contributed by atoms with van der Waals surface area (Å²) in [6, 6.07) is 0.875. The van der Waals surface area contributed by atoms with Crippen molar-refractivity contribution in [1.82, 2.24) is 20.4 Å². The summed E-state index contributed by atoms with van der Waals surface area (Å²) < 4.78 is 5.38. The maximum atomic E-state index is 12.3. The Labute approximate surface area is 139 Å². The molecule has 6 heteroatoms. The first-order chi connectivity index (χ1) is 11.2. The number of morpholine rings is 1. The van der Waals surface area contributed by atoms with Crippen molar-refractivity contribution in [2.75, 3.05) is 59.0 Å².